The van der Waals surface area contributed by atoms with Crippen LogP contribution in [0.5, 0.6) is 0 Å². The van der Waals surface area contributed by atoms with Crippen molar-refractivity contribution >= 4 is 30.3 Å². The van der Waals surface area contributed by atoms with Crippen molar-refractivity contribution in [3.05, 3.63) is 55.0 Å². The van der Waals surface area contributed by atoms with Crippen LogP contribution in [0, 0.1) is 0 Å². The number of nitrogens with zero attached hydrogens (tertiary/aromatic N) is 3. The average molecular weight is 276 g/mol. The molecule has 0 saturated carbocycles. The molecule has 18 heavy (non-hydrogen) atoms. The first-order valence-electron chi connectivity index (χ1n) is 5.52. The molecular formula is C12H12N4S2. The van der Waals surface area contributed by atoms with Crippen molar-refractivity contribution < 1.29 is 0 Å². The van der Waals surface area contributed by atoms with E-state index >= 15 is 0 Å². The Morgan fingerprint density at radius 2 is 2.11 bits per heavy atom. The molecule has 0 amide bonds. The molecule has 3 rings (SSSR count). The molecule has 1 aromatic heterocycles. The van der Waals surface area contributed by atoms with Gasteiger partial charge in [0.15, 0.2) is 5.16 Å². The van der Waals surface area contributed by atoms with Crippen LogP contribution >= 0.6 is 24.6 Å². The first-order chi connectivity index (χ1) is 8.84. The number of anilines is 1. The summed E-state index contributed by atoms with van der Waals surface area (Å²) in [5.74, 6) is 0. The van der Waals surface area contributed by atoms with Crippen molar-refractivity contribution in [2.75, 3.05) is 5.01 Å². The first kappa shape index (κ1) is 11.6. The van der Waals surface area contributed by atoms with E-state index in [9.17, 15) is 0 Å². The Morgan fingerprint density at radius 1 is 1.28 bits per heavy atom. The van der Waals surface area contributed by atoms with Crippen LogP contribution < -0.4 is 5.01 Å². The van der Waals surface area contributed by atoms with Gasteiger partial charge >= 0.3 is 0 Å². The number of hydrogen-bond donors (Lipinski definition) is 2. The molecule has 0 radical (unpaired) electrons. The van der Waals surface area contributed by atoms with Crippen LogP contribution in [-0.2, 0) is 0 Å². The molecule has 0 fully saturated rings. The molecule has 1 aliphatic heterocycles. The highest BCUT2D eigenvalue weighted by molar-refractivity contribution is 7.97. The number of hydrazine groups is 1. The van der Waals surface area contributed by atoms with Gasteiger partial charge in [0.05, 0.1) is 5.69 Å². The van der Waals surface area contributed by atoms with Gasteiger partial charge in [-0.25, -0.2) is 9.40 Å². The second-order valence-corrected chi connectivity index (χ2v) is 5.20. The second-order valence-electron chi connectivity index (χ2n) is 3.72. The Balaban J connectivity index is 1.83. The van der Waals surface area contributed by atoms with E-state index in [0.717, 1.165) is 10.8 Å². The Kier molecular flexibility index (Phi) is 3.21. The Bertz CT molecular complexity index is 526. The van der Waals surface area contributed by atoms with E-state index in [1.807, 2.05) is 41.1 Å². The number of hydrogen-bond acceptors (Lipinski definition) is 5. The zero-order valence-electron chi connectivity index (χ0n) is 9.47. The topological polar surface area (TPSA) is 35.2 Å². The quantitative estimate of drug-likeness (QED) is 0.667. The summed E-state index contributed by atoms with van der Waals surface area (Å²) in [4.78, 5) is 7.29. The van der Waals surface area contributed by atoms with Crippen LogP contribution in [0.25, 0.3) is 0 Å². The maximum absolute atomic E-state index is 4.56. The molecule has 4 nitrogen and oxygen atoms in total. The van der Waals surface area contributed by atoms with Gasteiger partial charge in [-0.1, -0.05) is 18.2 Å². The molecule has 1 unspecified atom stereocenters. The third kappa shape index (κ3) is 2.21. The lowest BCUT2D eigenvalue weighted by molar-refractivity contribution is 0.599. The highest BCUT2D eigenvalue weighted by atomic mass is 32.2. The van der Waals surface area contributed by atoms with Crippen molar-refractivity contribution in [2.45, 2.75) is 10.5 Å². The molecule has 92 valence electrons. The van der Waals surface area contributed by atoms with Crippen molar-refractivity contribution in [2.24, 2.45) is 0 Å². The SMILES string of the molecule is SC1C=CN(Sc2ncc[nH]2)N1c1ccccc1. The summed E-state index contributed by atoms with van der Waals surface area (Å²) < 4.78 is 2.02. The van der Waals surface area contributed by atoms with Crippen molar-refractivity contribution in [3.8, 4) is 0 Å². The minimum Gasteiger partial charge on any atom is -0.338 e. The summed E-state index contributed by atoms with van der Waals surface area (Å²) in [5.41, 5.74) is 1.10. The van der Waals surface area contributed by atoms with Crippen LogP contribution in [0.1, 0.15) is 0 Å². The smallest absolute Gasteiger partial charge is 0.188 e. The van der Waals surface area contributed by atoms with E-state index in [2.05, 4.69) is 39.7 Å². The molecule has 0 spiro atoms. The van der Waals surface area contributed by atoms with Crippen LogP contribution in [0.4, 0.5) is 5.69 Å². The third-order valence-electron chi connectivity index (χ3n) is 2.52. The molecular weight excluding hydrogens is 264 g/mol. The minimum atomic E-state index is 0.0369. The monoisotopic (exact) mass is 276 g/mol. The van der Waals surface area contributed by atoms with Gasteiger partial charge in [-0.2, -0.15) is 0 Å². The van der Waals surface area contributed by atoms with Crippen LogP contribution in [0.15, 0.2) is 60.2 Å². The lowest BCUT2D eigenvalue weighted by Gasteiger charge is -2.31. The summed E-state index contributed by atoms with van der Waals surface area (Å²) >= 11 is 6.08. The number of para-hydroxylation sites is 1. The van der Waals surface area contributed by atoms with Crippen molar-refractivity contribution in [3.63, 3.8) is 0 Å². The summed E-state index contributed by atoms with van der Waals surface area (Å²) in [6.07, 6.45) is 7.59. The van der Waals surface area contributed by atoms with Crippen LogP contribution in [0.3, 0.4) is 0 Å². The van der Waals surface area contributed by atoms with Gasteiger partial charge in [-0.05, 0) is 18.2 Å². The maximum Gasteiger partial charge on any atom is 0.188 e. The summed E-state index contributed by atoms with van der Waals surface area (Å²) in [6, 6.07) is 10.2. The summed E-state index contributed by atoms with van der Waals surface area (Å²) in [6.45, 7) is 0. The van der Waals surface area contributed by atoms with E-state index in [1.54, 1.807) is 6.20 Å². The zero-order chi connectivity index (χ0) is 12.4. The summed E-state index contributed by atoms with van der Waals surface area (Å²) in [7, 11) is 0. The van der Waals surface area contributed by atoms with E-state index in [4.69, 9.17) is 0 Å². The highest BCUT2D eigenvalue weighted by Gasteiger charge is 2.25. The Labute approximate surface area is 115 Å². The number of aromatic amines is 1. The molecule has 0 aliphatic carbocycles. The standard InChI is InChI=1S/C12H12N4S2/c17-11-6-9-15(18-12-13-7-8-14-12)16(11)10-4-2-1-3-5-10/h1-9,11,17H,(H,13,14). The van der Waals surface area contributed by atoms with E-state index in [0.29, 0.717) is 0 Å². The van der Waals surface area contributed by atoms with Gasteiger partial charge in [0.1, 0.15) is 5.37 Å². The molecule has 1 aromatic carbocycles. The van der Waals surface area contributed by atoms with Gasteiger partial charge in [0, 0.05) is 30.5 Å². The highest BCUT2D eigenvalue weighted by Crippen LogP contribution is 2.33. The Morgan fingerprint density at radius 3 is 2.83 bits per heavy atom. The number of H-pyrrole nitrogens is 1. The average Bonchev–Trinajstić information content (AvgIpc) is 3.02. The zero-order valence-corrected chi connectivity index (χ0v) is 11.2. The predicted molar refractivity (Wildman–Crippen MR) is 77.1 cm³/mol. The number of imidazole rings is 1. The third-order valence-corrected chi connectivity index (χ3v) is 3.79. The van der Waals surface area contributed by atoms with Crippen molar-refractivity contribution in [1.82, 2.24) is 14.4 Å². The first-order valence-corrected chi connectivity index (χ1v) is 6.81. The van der Waals surface area contributed by atoms with E-state index < -0.39 is 0 Å². The number of thiol groups is 1. The minimum absolute atomic E-state index is 0.0369. The maximum atomic E-state index is 4.56. The lowest BCUT2D eigenvalue weighted by atomic mass is 10.3. The number of aromatic nitrogens is 2. The van der Waals surface area contributed by atoms with Crippen molar-refractivity contribution in [1.29, 1.82) is 0 Å². The molecule has 2 aromatic rings. The summed E-state index contributed by atoms with van der Waals surface area (Å²) in [5, 5.41) is 2.98. The largest absolute Gasteiger partial charge is 0.338 e. The molecule has 6 heteroatoms. The van der Waals surface area contributed by atoms with Gasteiger partial charge < -0.3 is 4.98 Å². The number of rotatable bonds is 3. The normalized spacial score (nSPS) is 18.6. The molecule has 2 heterocycles. The van der Waals surface area contributed by atoms with Crippen LogP contribution in [0.2, 0.25) is 0 Å². The molecule has 1 aliphatic rings. The Hall–Kier alpha value is -1.53. The molecule has 1 atom stereocenters. The number of nitrogens with one attached hydrogen (secondary N) is 1. The van der Waals surface area contributed by atoms with Gasteiger partial charge in [-0.3, -0.25) is 5.01 Å². The molecule has 1 N–H and O–H groups in total. The van der Waals surface area contributed by atoms with E-state index in [-0.39, 0.29) is 5.37 Å². The van der Waals surface area contributed by atoms with Gasteiger partial charge in [0.2, 0.25) is 0 Å². The second kappa shape index (κ2) is 4.99. The molecule has 0 bridgehead atoms. The van der Waals surface area contributed by atoms with Gasteiger partial charge in [0.25, 0.3) is 0 Å². The molecule has 0 saturated heterocycles. The number of benzene rings is 1. The fourth-order valence-electron chi connectivity index (χ4n) is 1.73. The fourth-order valence-corrected chi connectivity index (χ4v) is 2.94. The predicted octanol–water partition coefficient (Wildman–Crippen LogP) is 2.92. The van der Waals surface area contributed by atoms with E-state index in [1.165, 1.54) is 11.9 Å². The van der Waals surface area contributed by atoms with Crippen LogP contribution in [-0.4, -0.2) is 19.8 Å². The fraction of sp³-hybridized carbons (Fsp3) is 0.0833. The lowest BCUT2D eigenvalue weighted by Crippen LogP contribution is -2.34. The van der Waals surface area contributed by atoms with Gasteiger partial charge in [-0.15, -0.1) is 12.6 Å².